The van der Waals surface area contributed by atoms with E-state index in [0.717, 1.165) is 0 Å². The number of rotatable bonds is 1. The zero-order chi connectivity index (χ0) is 15.3. The van der Waals surface area contributed by atoms with Crippen molar-refractivity contribution in [2.45, 2.75) is 13.3 Å². The van der Waals surface area contributed by atoms with Gasteiger partial charge in [-0.2, -0.15) is 4.57 Å². The second-order valence-corrected chi connectivity index (χ2v) is 4.29. The lowest BCUT2D eigenvalue weighted by Crippen LogP contribution is -2.33. The molecule has 0 aromatic carbocycles. The molecule has 2 rings (SSSR count). The summed E-state index contributed by atoms with van der Waals surface area (Å²) >= 11 is 0. The first-order chi connectivity index (χ1) is 9.32. The van der Waals surface area contributed by atoms with E-state index in [0.29, 0.717) is 0 Å². The van der Waals surface area contributed by atoms with Crippen LogP contribution in [-0.2, 0) is 14.1 Å². The van der Waals surface area contributed by atoms with Crippen LogP contribution < -0.4 is 9.13 Å². The number of pyridine rings is 2. The number of hydrogen-bond acceptors (Lipinski definition) is 0. The molecule has 20 heavy (non-hydrogen) atoms. The highest BCUT2D eigenvalue weighted by molar-refractivity contribution is 5.07. The Morgan fingerprint density at radius 2 is 1.70 bits per heavy atom. The summed E-state index contributed by atoms with van der Waals surface area (Å²) in [5.41, 5.74) is 0.120. The molecule has 6 heteroatoms. The highest BCUT2D eigenvalue weighted by atomic mass is 19.3. The maximum absolute atomic E-state index is 12.7. The van der Waals surface area contributed by atoms with Gasteiger partial charge in [0.25, 0.3) is 6.43 Å². The summed E-state index contributed by atoms with van der Waals surface area (Å²) in [4.78, 5) is 0. The first-order valence-electron chi connectivity index (χ1n) is 5.86. The molecule has 0 aliphatic rings. The molecule has 0 atom stereocenters. The largest absolute Gasteiger partial charge is 0.365 e. The summed E-state index contributed by atoms with van der Waals surface area (Å²) in [5.74, 6) is -1.03. The Kier molecular flexibility index (Phi) is 5.61. The average Bonchev–Trinajstić information content (AvgIpc) is 2.41. The monoisotopic (exact) mass is 288 g/mol. The first-order valence-corrected chi connectivity index (χ1v) is 5.86. The average molecular weight is 288 g/mol. The molecule has 0 unspecified atom stereocenters. The molecule has 0 fully saturated rings. The predicted molar refractivity (Wildman–Crippen MR) is 64.8 cm³/mol. The minimum absolute atomic E-state index is 0.0602. The van der Waals surface area contributed by atoms with Gasteiger partial charge >= 0.3 is 5.95 Å². The SMILES string of the molecule is C[n+]1cccc(C(F)F)c1.Cc1c(F)cc[n+](C)c1F. The Hall–Kier alpha value is -1.98. The van der Waals surface area contributed by atoms with Crippen molar-refractivity contribution in [2.24, 2.45) is 14.1 Å². The summed E-state index contributed by atoms with van der Waals surface area (Å²) < 4.78 is 51.9. The third-order valence-corrected chi connectivity index (χ3v) is 2.64. The van der Waals surface area contributed by atoms with Crippen LogP contribution in [0.2, 0.25) is 0 Å². The standard InChI is InChI=1S/2C7H8F2N/c1-5-6(8)3-4-10(2)7(5)9;1-10-4-2-3-6(5-10)7(8)9/h3-4H,1-2H3;2-5,7H,1H3/q2*+1. The Bertz CT molecular complexity index is 558. The van der Waals surface area contributed by atoms with Gasteiger partial charge in [0.2, 0.25) is 0 Å². The molecule has 0 aliphatic carbocycles. The van der Waals surface area contributed by atoms with Gasteiger partial charge < -0.3 is 0 Å². The van der Waals surface area contributed by atoms with E-state index in [-0.39, 0.29) is 11.1 Å². The van der Waals surface area contributed by atoms with Crippen LogP contribution >= 0.6 is 0 Å². The zero-order valence-corrected chi connectivity index (χ0v) is 11.4. The molecule has 2 aromatic rings. The van der Waals surface area contributed by atoms with Crippen LogP contribution in [0.15, 0.2) is 36.8 Å². The molecule has 0 N–H and O–H groups in total. The molecular weight excluding hydrogens is 272 g/mol. The summed E-state index contributed by atoms with van der Waals surface area (Å²) in [7, 11) is 3.24. The number of aryl methyl sites for hydroxylation is 2. The number of nitrogens with zero attached hydrogens (tertiary/aromatic N) is 2. The van der Waals surface area contributed by atoms with E-state index in [2.05, 4.69) is 0 Å². The molecule has 0 saturated heterocycles. The van der Waals surface area contributed by atoms with Gasteiger partial charge in [-0.3, -0.25) is 0 Å². The van der Waals surface area contributed by atoms with Gasteiger partial charge in [0.1, 0.15) is 19.9 Å². The van der Waals surface area contributed by atoms with Crippen LogP contribution in [0.4, 0.5) is 17.6 Å². The Labute approximate surface area is 114 Å². The molecule has 108 valence electrons. The highest BCUT2D eigenvalue weighted by Gasteiger charge is 2.12. The second-order valence-electron chi connectivity index (χ2n) is 4.29. The van der Waals surface area contributed by atoms with Gasteiger partial charge in [0.15, 0.2) is 18.6 Å². The van der Waals surface area contributed by atoms with Gasteiger partial charge in [-0.05, 0) is 13.0 Å². The Morgan fingerprint density at radius 3 is 2.15 bits per heavy atom. The van der Waals surface area contributed by atoms with Crippen LogP contribution in [0.5, 0.6) is 0 Å². The van der Waals surface area contributed by atoms with E-state index in [1.54, 1.807) is 23.9 Å². The van der Waals surface area contributed by atoms with Crippen molar-refractivity contribution < 1.29 is 26.7 Å². The van der Waals surface area contributed by atoms with Gasteiger partial charge in [-0.1, -0.05) is 0 Å². The number of aromatic nitrogens is 2. The van der Waals surface area contributed by atoms with E-state index < -0.39 is 18.2 Å². The molecule has 2 heterocycles. The number of halogens is 4. The van der Waals surface area contributed by atoms with Crippen molar-refractivity contribution in [3.05, 3.63) is 59.7 Å². The maximum Gasteiger partial charge on any atom is 0.365 e. The van der Waals surface area contributed by atoms with Crippen molar-refractivity contribution in [1.29, 1.82) is 0 Å². The normalized spacial score (nSPS) is 10.2. The zero-order valence-electron chi connectivity index (χ0n) is 11.4. The van der Waals surface area contributed by atoms with Crippen molar-refractivity contribution in [3.8, 4) is 0 Å². The van der Waals surface area contributed by atoms with E-state index in [9.17, 15) is 17.6 Å². The van der Waals surface area contributed by atoms with Crippen LogP contribution in [-0.4, -0.2) is 0 Å². The lowest BCUT2D eigenvalue weighted by Gasteiger charge is -1.94. The van der Waals surface area contributed by atoms with E-state index >= 15 is 0 Å². The predicted octanol–water partition coefficient (Wildman–Crippen LogP) is 2.55. The van der Waals surface area contributed by atoms with E-state index in [1.165, 1.54) is 43.1 Å². The molecular formula is C14H16F4N2+2. The lowest BCUT2D eigenvalue weighted by molar-refractivity contribution is -0.700. The summed E-state index contributed by atoms with van der Waals surface area (Å²) in [6.45, 7) is 1.41. The van der Waals surface area contributed by atoms with Crippen LogP contribution in [0.25, 0.3) is 0 Å². The molecule has 0 spiro atoms. The molecule has 0 aliphatic heterocycles. The molecule has 2 aromatic heterocycles. The van der Waals surface area contributed by atoms with E-state index in [1.807, 2.05) is 0 Å². The highest BCUT2D eigenvalue weighted by Crippen LogP contribution is 2.15. The van der Waals surface area contributed by atoms with E-state index in [4.69, 9.17) is 0 Å². The Morgan fingerprint density at radius 1 is 1.05 bits per heavy atom. The van der Waals surface area contributed by atoms with Crippen LogP contribution in [0.1, 0.15) is 17.6 Å². The first kappa shape index (κ1) is 16.1. The molecule has 0 bridgehead atoms. The van der Waals surface area contributed by atoms with Crippen molar-refractivity contribution in [1.82, 2.24) is 0 Å². The Balaban J connectivity index is 0.000000200. The fourth-order valence-corrected chi connectivity index (χ4v) is 1.47. The fraction of sp³-hybridized carbons (Fsp3) is 0.286. The van der Waals surface area contributed by atoms with Crippen molar-refractivity contribution in [3.63, 3.8) is 0 Å². The fourth-order valence-electron chi connectivity index (χ4n) is 1.47. The third kappa shape index (κ3) is 4.29. The van der Waals surface area contributed by atoms with Gasteiger partial charge in [-0.25, -0.2) is 17.7 Å². The lowest BCUT2D eigenvalue weighted by atomic mass is 10.3. The minimum Gasteiger partial charge on any atom is -0.207 e. The van der Waals surface area contributed by atoms with Crippen molar-refractivity contribution in [2.75, 3.05) is 0 Å². The smallest absolute Gasteiger partial charge is 0.207 e. The number of alkyl halides is 2. The number of hydrogen-bond donors (Lipinski definition) is 0. The third-order valence-electron chi connectivity index (χ3n) is 2.64. The minimum atomic E-state index is -2.37. The van der Waals surface area contributed by atoms with Crippen molar-refractivity contribution >= 4 is 0 Å². The molecule has 0 saturated carbocycles. The second kappa shape index (κ2) is 6.98. The summed E-state index contributed by atoms with van der Waals surface area (Å²) in [6.07, 6.45) is 2.10. The van der Waals surface area contributed by atoms with Gasteiger partial charge in [0, 0.05) is 12.1 Å². The maximum atomic E-state index is 12.7. The van der Waals surface area contributed by atoms with Crippen LogP contribution in [0.3, 0.4) is 0 Å². The topological polar surface area (TPSA) is 7.76 Å². The quantitative estimate of drug-likeness (QED) is 0.433. The van der Waals surface area contributed by atoms with Gasteiger partial charge in [0.05, 0.1) is 11.1 Å². The summed E-state index contributed by atoms with van der Waals surface area (Å²) in [5, 5.41) is 0. The molecule has 0 radical (unpaired) electrons. The van der Waals surface area contributed by atoms with Crippen LogP contribution in [0, 0.1) is 18.7 Å². The molecule has 0 amide bonds. The molecule has 2 nitrogen and oxygen atoms in total. The van der Waals surface area contributed by atoms with Gasteiger partial charge in [-0.15, -0.1) is 4.39 Å². The summed E-state index contributed by atoms with van der Waals surface area (Å²) in [6, 6.07) is 4.24.